The molecule has 0 atom stereocenters. The molecule has 1 aromatic carbocycles. The standard InChI is InChI=1S/C18H26N2O4/c1-12(2)20(11-15(21)24-6)16(22)13-8-7-9-14(10-13)19-17(23)18(3,4)5/h7-10,12H,11H2,1-6H3,(H,19,23). The molecule has 0 heterocycles. The maximum atomic E-state index is 12.7. The summed E-state index contributed by atoms with van der Waals surface area (Å²) < 4.78 is 4.64. The lowest BCUT2D eigenvalue weighted by molar-refractivity contribution is -0.141. The topological polar surface area (TPSA) is 75.7 Å². The number of carbonyl (C=O) groups is 3. The van der Waals surface area contributed by atoms with E-state index in [-0.39, 0.29) is 24.4 Å². The Bertz CT molecular complexity index is 618. The van der Waals surface area contributed by atoms with E-state index in [4.69, 9.17) is 0 Å². The minimum Gasteiger partial charge on any atom is -0.468 e. The smallest absolute Gasteiger partial charge is 0.325 e. The van der Waals surface area contributed by atoms with E-state index < -0.39 is 11.4 Å². The van der Waals surface area contributed by atoms with Crippen LogP contribution < -0.4 is 5.32 Å². The van der Waals surface area contributed by atoms with Crippen molar-refractivity contribution in [1.82, 2.24) is 4.90 Å². The van der Waals surface area contributed by atoms with Gasteiger partial charge in [-0.15, -0.1) is 0 Å². The van der Waals surface area contributed by atoms with Gasteiger partial charge in [-0.25, -0.2) is 0 Å². The second-order valence-corrected chi connectivity index (χ2v) is 6.89. The third-order valence-electron chi connectivity index (χ3n) is 3.46. The van der Waals surface area contributed by atoms with Gasteiger partial charge in [0.05, 0.1) is 7.11 Å². The van der Waals surface area contributed by atoms with Crippen molar-refractivity contribution in [2.75, 3.05) is 19.0 Å². The van der Waals surface area contributed by atoms with Gasteiger partial charge in [0.25, 0.3) is 5.91 Å². The molecule has 0 spiro atoms. The van der Waals surface area contributed by atoms with Gasteiger partial charge in [0, 0.05) is 22.7 Å². The molecule has 0 aromatic heterocycles. The number of hydrogen-bond donors (Lipinski definition) is 1. The number of esters is 1. The zero-order valence-corrected chi connectivity index (χ0v) is 15.2. The monoisotopic (exact) mass is 334 g/mol. The Kier molecular flexibility index (Phi) is 6.51. The van der Waals surface area contributed by atoms with Gasteiger partial charge < -0.3 is 15.0 Å². The summed E-state index contributed by atoms with van der Waals surface area (Å²) in [5.41, 5.74) is 0.413. The zero-order chi connectivity index (χ0) is 18.5. The lowest BCUT2D eigenvalue weighted by atomic mass is 9.95. The maximum Gasteiger partial charge on any atom is 0.325 e. The summed E-state index contributed by atoms with van der Waals surface area (Å²) in [5, 5.41) is 2.80. The Morgan fingerprint density at radius 3 is 2.33 bits per heavy atom. The summed E-state index contributed by atoms with van der Waals surface area (Å²) in [6, 6.07) is 6.52. The van der Waals surface area contributed by atoms with Gasteiger partial charge in [-0.05, 0) is 32.0 Å². The second kappa shape index (κ2) is 7.95. The van der Waals surface area contributed by atoms with Crippen molar-refractivity contribution in [3.05, 3.63) is 29.8 Å². The van der Waals surface area contributed by atoms with Crippen LogP contribution in [-0.4, -0.2) is 42.4 Å². The third-order valence-corrected chi connectivity index (χ3v) is 3.46. The molecular formula is C18H26N2O4. The second-order valence-electron chi connectivity index (χ2n) is 6.89. The molecule has 6 heteroatoms. The fraction of sp³-hybridized carbons (Fsp3) is 0.500. The Morgan fingerprint density at radius 2 is 1.83 bits per heavy atom. The Morgan fingerprint density at radius 1 is 1.21 bits per heavy atom. The molecular weight excluding hydrogens is 308 g/mol. The lowest BCUT2D eigenvalue weighted by Gasteiger charge is -2.26. The molecule has 0 saturated heterocycles. The molecule has 0 aliphatic heterocycles. The zero-order valence-electron chi connectivity index (χ0n) is 15.2. The number of hydrogen-bond acceptors (Lipinski definition) is 4. The normalized spacial score (nSPS) is 11.1. The molecule has 2 amide bonds. The van der Waals surface area contributed by atoms with E-state index in [0.29, 0.717) is 11.3 Å². The summed E-state index contributed by atoms with van der Waals surface area (Å²) >= 11 is 0. The van der Waals surface area contributed by atoms with Gasteiger partial charge in [0.2, 0.25) is 5.91 Å². The highest BCUT2D eigenvalue weighted by Crippen LogP contribution is 2.19. The highest BCUT2D eigenvalue weighted by atomic mass is 16.5. The maximum absolute atomic E-state index is 12.7. The van der Waals surface area contributed by atoms with Crippen LogP contribution in [0.25, 0.3) is 0 Å². The van der Waals surface area contributed by atoms with Crippen LogP contribution in [0.1, 0.15) is 45.0 Å². The Balaban J connectivity index is 3.00. The Hall–Kier alpha value is -2.37. The van der Waals surface area contributed by atoms with Crippen LogP contribution >= 0.6 is 0 Å². The van der Waals surface area contributed by atoms with E-state index in [9.17, 15) is 14.4 Å². The van der Waals surface area contributed by atoms with Crippen LogP contribution in [0.2, 0.25) is 0 Å². The summed E-state index contributed by atoms with van der Waals surface area (Å²) in [4.78, 5) is 37.7. The molecule has 6 nitrogen and oxygen atoms in total. The third kappa shape index (κ3) is 5.37. The van der Waals surface area contributed by atoms with Crippen LogP contribution in [0.4, 0.5) is 5.69 Å². The van der Waals surface area contributed by atoms with Crippen LogP contribution in [0, 0.1) is 5.41 Å². The summed E-state index contributed by atoms with van der Waals surface area (Å²) in [5.74, 6) is -0.904. The number of ether oxygens (including phenoxy) is 1. The molecule has 1 N–H and O–H groups in total. The summed E-state index contributed by atoms with van der Waals surface area (Å²) in [6.07, 6.45) is 0. The molecule has 0 bridgehead atoms. The highest BCUT2D eigenvalue weighted by Gasteiger charge is 2.24. The van der Waals surface area contributed by atoms with E-state index in [0.717, 1.165) is 0 Å². The fourth-order valence-corrected chi connectivity index (χ4v) is 1.91. The van der Waals surface area contributed by atoms with Crippen molar-refractivity contribution in [2.45, 2.75) is 40.7 Å². The van der Waals surface area contributed by atoms with Crippen molar-refractivity contribution < 1.29 is 19.1 Å². The minimum atomic E-state index is -0.533. The van der Waals surface area contributed by atoms with Crippen LogP contribution in [0.15, 0.2) is 24.3 Å². The average Bonchev–Trinajstić information content (AvgIpc) is 2.50. The predicted molar refractivity (Wildman–Crippen MR) is 92.7 cm³/mol. The first kappa shape index (κ1) is 19.7. The molecule has 0 saturated carbocycles. The minimum absolute atomic E-state index is 0.119. The number of amides is 2. The SMILES string of the molecule is COC(=O)CN(C(=O)c1cccc(NC(=O)C(C)(C)C)c1)C(C)C. The summed E-state index contributed by atoms with van der Waals surface area (Å²) in [6.45, 7) is 8.97. The van der Waals surface area contributed by atoms with Crippen LogP contribution in [0.3, 0.4) is 0 Å². The highest BCUT2D eigenvalue weighted by molar-refractivity contribution is 5.99. The first-order chi connectivity index (χ1) is 11.1. The number of carbonyl (C=O) groups excluding carboxylic acids is 3. The van der Waals surface area contributed by atoms with Crippen LogP contribution in [-0.2, 0) is 14.3 Å². The average molecular weight is 334 g/mol. The molecule has 1 rings (SSSR count). The molecule has 24 heavy (non-hydrogen) atoms. The quantitative estimate of drug-likeness (QED) is 0.840. The van der Waals surface area contributed by atoms with Gasteiger partial charge in [0.1, 0.15) is 6.54 Å². The number of nitrogens with zero attached hydrogens (tertiary/aromatic N) is 1. The molecule has 0 aliphatic rings. The number of rotatable bonds is 5. The van der Waals surface area contributed by atoms with Crippen molar-refractivity contribution >= 4 is 23.5 Å². The Labute approximate surface area is 143 Å². The van der Waals surface area contributed by atoms with E-state index >= 15 is 0 Å². The first-order valence-corrected chi connectivity index (χ1v) is 7.85. The number of nitrogens with one attached hydrogen (secondary N) is 1. The van der Waals surface area contributed by atoms with Gasteiger partial charge in [-0.3, -0.25) is 14.4 Å². The van der Waals surface area contributed by atoms with Gasteiger partial charge in [0.15, 0.2) is 0 Å². The van der Waals surface area contributed by atoms with Gasteiger partial charge in [-0.1, -0.05) is 26.8 Å². The van der Waals surface area contributed by atoms with Crippen molar-refractivity contribution in [2.24, 2.45) is 5.41 Å². The summed E-state index contributed by atoms with van der Waals surface area (Å²) in [7, 11) is 1.29. The van der Waals surface area contributed by atoms with Crippen molar-refractivity contribution in [1.29, 1.82) is 0 Å². The van der Waals surface area contributed by atoms with Crippen molar-refractivity contribution in [3.8, 4) is 0 Å². The number of anilines is 1. The van der Waals surface area contributed by atoms with Gasteiger partial charge >= 0.3 is 5.97 Å². The van der Waals surface area contributed by atoms with Crippen molar-refractivity contribution in [3.63, 3.8) is 0 Å². The lowest BCUT2D eigenvalue weighted by Crippen LogP contribution is -2.41. The first-order valence-electron chi connectivity index (χ1n) is 7.85. The number of benzene rings is 1. The fourth-order valence-electron chi connectivity index (χ4n) is 1.91. The van der Waals surface area contributed by atoms with E-state index in [2.05, 4.69) is 10.1 Å². The van der Waals surface area contributed by atoms with Crippen LogP contribution in [0.5, 0.6) is 0 Å². The molecule has 0 unspecified atom stereocenters. The van der Waals surface area contributed by atoms with E-state index in [1.165, 1.54) is 12.0 Å². The molecule has 132 valence electrons. The van der Waals surface area contributed by atoms with E-state index in [1.807, 2.05) is 34.6 Å². The van der Waals surface area contributed by atoms with E-state index in [1.54, 1.807) is 24.3 Å². The molecule has 0 aliphatic carbocycles. The molecule has 0 radical (unpaired) electrons. The number of methoxy groups -OCH3 is 1. The molecule has 1 aromatic rings. The predicted octanol–water partition coefficient (Wildman–Crippen LogP) is 2.69. The van der Waals surface area contributed by atoms with Gasteiger partial charge in [-0.2, -0.15) is 0 Å². The largest absolute Gasteiger partial charge is 0.468 e. The molecule has 0 fully saturated rings.